The van der Waals surface area contributed by atoms with E-state index in [0.29, 0.717) is 41.8 Å². The Hall–Kier alpha value is -2.82. The molecule has 1 N–H and O–H groups in total. The van der Waals surface area contributed by atoms with Gasteiger partial charge in [0.05, 0.1) is 0 Å². The van der Waals surface area contributed by atoms with Crippen LogP contribution in [0.5, 0.6) is 0 Å². The van der Waals surface area contributed by atoms with Gasteiger partial charge in [-0.05, 0) is 53.1 Å². The Labute approximate surface area is 237 Å². The summed E-state index contributed by atoms with van der Waals surface area (Å²) in [5.74, 6) is 0.216. The number of hydrogen-bond donors (Lipinski definition) is 1. The summed E-state index contributed by atoms with van der Waals surface area (Å²) in [5, 5.41) is 4.06. The topological polar surface area (TPSA) is 49.4 Å². The molecule has 0 aromatic heterocycles. The van der Waals surface area contributed by atoms with Crippen molar-refractivity contribution >= 4 is 35.0 Å². The second-order valence-electron chi connectivity index (χ2n) is 10.0. The van der Waals surface area contributed by atoms with E-state index >= 15 is 0 Å². The number of carbonyl (C=O) groups excluding carboxylic acids is 2. The monoisotopic (exact) mass is 552 g/mol. The molecule has 3 rings (SSSR count). The van der Waals surface area contributed by atoms with E-state index in [-0.39, 0.29) is 18.4 Å². The lowest BCUT2D eigenvalue weighted by Crippen LogP contribution is -2.50. The molecular formula is C32H38Cl2N2O2. The fourth-order valence-electron chi connectivity index (χ4n) is 4.36. The van der Waals surface area contributed by atoms with E-state index in [1.165, 1.54) is 5.56 Å². The van der Waals surface area contributed by atoms with Crippen LogP contribution < -0.4 is 5.32 Å². The Bertz CT molecular complexity index is 1180. The van der Waals surface area contributed by atoms with Crippen LogP contribution in [0.1, 0.15) is 68.2 Å². The minimum atomic E-state index is -0.670. The predicted molar refractivity (Wildman–Crippen MR) is 158 cm³/mol. The molecular weight excluding hydrogens is 515 g/mol. The zero-order valence-corrected chi connectivity index (χ0v) is 24.1. The van der Waals surface area contributed by atoms with Gasteiger partial charge in [-0.15, -0.1) is 0 Å². The van der Waals surface area contributed by atoms with Crippen molar-refractivity contribution in [2.45, 2.75) is 71.4 Å². The Kier molecular flexibility index (Phi) is 11.7. The van der Waals surface area contributed by atoms with E-state index in [9.17, 15) is 9.59 Å². The van der Waals surface area contributed by atoms with E-state index in [2.05, 4.69) is 50.4 Å². The zero-order valence-electron chi connectivity index (χ0n) is 22.6. The summed E-state index contributed by atoms with van der Waals surface area (Å²) >= 11 is 12.6. The number of hydrogen-bond acceptors (Lipinski definition) is 2. The van der Waals surface area contributed by atoms with Crippen LogP contribution >= 0.6 is 23.2 Å². The molecule has 0 aliphatic rings. The van der Waals surface area contributed by atoms with Gasteiger partial charge in [0, 0.05) is 36.0 Å². The van der Waals surface area contributed by atoms with E-state index < -0.39 is 6.04 Å². The summed E-state index contributed by atoms with van der Waals surface area (Å²) in [6.07, 6.45) is 3.16. The normalized spacial score (nSPS) is 11.8. The smallest absolute Gasteiger partial charge is 0.243 e. The van der Waals surface area contributed by atoms with Gasteiger partial charge >= 0.3 is 0 Å². The first-order valence-corrected chi connectivity index (χ1v) is 14.2. The molecule has 0 saturated carbocycles. The molecule has 6 heteroatoms. The molecule has 3 aromatic carbocycles. The van der Waals surface area contributed by atoms with Crippen molar-refractivity contribution in [1.82, 2.24) is 10.2 Å². The van der Waals surface area contributed by atoms with Gasteiger partial charge in [-0.2, -0.15) is 0 Å². The van der Waals surface area contributed by atoms with Crippen LogP contribution in [-0.2, 0) is 29.0 Å². The molecule has 202 valence electrons. The van der Waals surface area contributed by atoms with Crippen molar-refractivity contribution in [3.8, 4) is 0 Å². The van der Waals surface area contributed by atoms with Crippen LogP contribution in [0, 0.1) is 0 Å². The summed E-state index contributed by atoms with van der Waals surface area (Å²) in [6, 6.07) is 22.8. The Morgan fingerprint density at radius 2 is 1.63 bits per heavy atom. The number of benzene rings is 3. The van der Waals surface area contributed by atoms with Crippen LogP contribution in [0.2, 0.25) is 10.0 Å². The first-order valence-electron chi connectivity index (χ1n) is 13.4. The lowest BCUT2D eigenvalue weighted by molar-refractivity contribution is -0.141. The highest BCUT2D eigenvalue weighted by Gasteiger charge is 2.30. The van der Waals surface area contributed by atoms with Gasteiger partial charge in [0.15, 0.2) is 0 Å². The number of amides is 2. The van der Waals surface area contributed by atoms with Crippen molar-refractivity contribution in [3.05, 3.63) is 105 Å². The average molecular weight is 554 g/mol. The second-order valence-corrected chi connectivity index (χ2v) is 10.8. The number of rotatable bonds is 13. The summed E-state index contributed by atoms with van der Waals surface area (Å²) < 4.78 is 0. The number of halogens is 2. The average Bonchev–Trinajstić information content (AvgIpc) is 2.91. The predicted octanol–water partition coefficient (Wildman–Crippen LogP) is 7.61. The zero-order chi connectivity index (χ0) is 27.5. The summed E-state index contributed by atoms with van der Waals surface area (Å²) in [6.45, 7) is 7.21. The van der Waals surface area contributed by atoms with E-state index in [1.54, 1.807) is 17.0 Å². The first kappa shape index (κ1) is 29.7. The molecule has 0 saturated heterocycles. The highest BCUT2D eigenvalue weighted by Crippen LogP contribution is 2.25. The number of unbranched alkanes of at least 4 members (excludes halogenated alkanes) is 1. The molecule has 3 aromatic rings. The van der Waals surface area contributed by atoms with Crippen LogP contribution in [0.15, 0.2) is 72.8 Å². The SMILES string of the molecule is CCCCNC(=O)C(Cc1ccccc1)N(Cc1ccc(Cl)cc1Cl)C(=O)CCc1ccc(C(C)C)cc1. The Morgan fingerprint density at radius 3 is 2.26 bits per heavy atom. The van der Waals surface area contributed by atoms with Crippen molar-refractivity contribution in [2.75, 3.05) is 6.54 Å². The van der Waals surface area contributed by atoms with Crippen molar-refractivity contribution in [3.63, 3.8) is 0 Å². The molecule has 2 amide bonds. The third-order valence-electron chi connectivity index (χ3n) is 6.73. The van der Waals surface area contributed by atoms with Crippen LogP contribution in [-0.4, -0.2) is 29.3 Å². The molecule has 0 fully saturated rings. The summed E-state index contributed by atoms with van der Waals surface area (Å²) in [4.78, 5) is 29.0. The molecule has 0 bridgehead atoms. The Morgan fingerprint density at radius 1 is 0.921 bits per heavy atom. The summed E-state index contributed by atoms with van der Waals surface area (Å²) in [7, 11) is 0. The van der Waals surface area contributed by atoms with E-state index in [1.807, 2.05) is 36.4 Å². The van der Waals surface area contributed by atoms with Gasteiger partial charge in [0.25, 0.3) is 0 Å². The summed E-state index contributed by atoms with van der Waals surface area (Å²) in [5.41, 5.74) is 4.11. The first-order chi connectivity index (χ1) is 18.3. The lowest BCUT2D eigenvalue weighted by Gasteiger charge is -2.32. The lowest BCUT2D eigenvalue weighted by atomic mass is 9.99. The van der Waals surface area contributed by atoms with Crippen molar-refractivity contribution < 1.29 is 9.59 Å². The minimum absolute atomic E-state index is 0.0875. The molecule has 0 radical (unpaired) electrons. The third-order valence-corrected chi connectivity index (χ3v) is 7.32. The third kappa shape index (κ3) is 8.89. The van der Waals surface area contributed by atoms with Gasteiger partial charge in [-0.1, -0.05) is 111 Å². The van der Waals surface area contributed by atoms with E-state index in [0.717, 1.165) is 29.5 Å². The second kappa shape index (κ2) is 14.9. The molecule has 38 heavy (non-hydrogen) atoms. The maximum absolute atomic E-state index is 13.8. The molecule has 4 nitrogen and oxygen atoms in total. The Balaban J connectivity index is 1.89. The number of nitrogens with zero attached hydrogens (tertiary/aromatic N) is 1. The fourth-order valence-corrected chi connectivity index (χ4v) is 4.83. The quantitative estimate of drug-likeness (QED) is 0.222. The molecule has 1 unspecified atom stereocenters. The number of carbonyl (C=O) groups is 2. The molecule has 0 aliphatic heterocycles. The highest BCUT2D eigenvalue weighted by atomic mass is 35.5. The molecule has 0 aliphatic carbocycles. The standard InChI is InChI=1S/C32H38Cl2N2O2/c1-4-5-19-35-32(38)30(20-25-9-7-6-8-10-25)36(22-27-16-17-28(33)21-29(27)34)31(37)18-13-24-11-14-26(15-12-24)23(2)3/h6-12,14-17,21,23,30H,4-5,13,18-20,22H2,1-3H3,(H,35,38). The van der Waals surface area contributed by atoms with Crippen LogP contribution in [0.4, 0.5) is 0 Å². The maximum Gasteiger partial charge on any atom is 0.243 e. The van der Waals surface area contributed by atoms with Gasteiger partial charge in [0.2, 0.25) is 11.8 Å². The van der Waals surface area contributed by atoms with Gasteiger partial charge in [-0.25, -0.2) is 0 Å². The number of aryl methyl sites for hydroxylation is 1. The van der Waals surface area contributed by atoms with Crippen molar-refractivity contribution in [1.29, 1.82) is 0 Å². The van der Waals surface area contributed by atoms with Gasteiger partial charge in [-0.3, -0.25) is 9.59 Å². The molecule has 0 heterocycles. The van der Waals surface area contributed by atoms with Crippen LogP contribution in [0.25, 0.3) is 0 Å². The number of nitrogens with one attached hydrogen (secondary N) is 1. The van der Waals surface area contributed by atoms with Gasteiger partial charge < -0.3 is 10.2 Å². The van der Waals surface area contributed by atoms with Crippen molar-refractivity contribution in [2.24, 2.45) is 0 Å². The fraction of sp³-hybridized carbons (Fsp3) is 0.375. The van der Waals surface area contributed by atoms with E-state index in [4.69, 9.17) is 23.2 Å². The van der Waals surface area contributed by atoms with Crippen LogP contribution in [0.3, 0.4) is 0 Å². The molecule has 1 atom stereocenters. The largest absolute Gasteiger partial charge is 0.354 e. The maximum atomic E-state index is 13.8. The van der Waals surface area contributed by atoms with Gasteiger partial charge in [0.1, 0.15) is 6.04 Å². The highest BCUT2D eigenvalue weighted by molar-refractivity contribution is 6.35. The minimum Gasteiger partial charge on any atom is -0.354 e. The molecule has 0 spiro atoms.